The van der Waals surface area contributed by atoms with Crippen molar-refractivity contribution in [3.63, 3.8) is 0 Å². The van der Waals surface area contributed by atoms with Gasteiger partial charge < -0.3 is 24.1 Å². The highest BCUT2D eigenvalue weighted by atomic mass is 16.5. The third kappa shape index (κ3) is 3.61. The summed E-state index contributed by atoms with van der Waals surface area (Å²) in [6.07, 6.45) is 1.08. The number of aromatic nitrogens is 1. The molecule has 3 aromatic rings. The molecule has 0 saturated heterocycles. The topological polar surface area (TPSA) is 82.8 Å². The summed E-state index contributed by atoms with van der Waals surface area (Å²) in [5.74, 6) is 2.50. The number of carbonyl (C=O) groups excluding carboxylic acids is 1. The van der Waals surface area contributed by atoms with Crippen LogP contribution in [-0.2, 0) is 4.79 Å². The molecule has 34 heavy (non-hydrogen) atoms. The fourth-order valence-corrected chi connectivity index (χ4v) is 5.13. The second kappa shape index (κ2) is 8.89. The molecule has 7 heteroatoms. The number of benzene rings is 2. The number of nitrogens with one attached hydrogen (secondary N) is 1. The summed E-state index contributed by atoms with van der Waals surface area (Å²) in [5, 5.41) is 7.59. The number of ether oxygens (including phenoxy) is 3. The average molecular weight is 461 g/mol. The van der Waals surface area contributed by atoms with Crippen LogP contribution in [0, 0.1) is 6.92 Å². The molecule has 0 unspecified atom stereocenters. The first-order chi connectivity index (χ1) is 16.5. The zero-order chi connectivity index (χ0) is 23.8. The highest BCUT2D eigenvalue weighted by Crippen LogP contribution is 2.51. The van der Waals surface area contributed by atoms with Crippen molar-refractivity contribution in [3.8, 4) is 17.2 Å². The molecule has 2 atom stereocenters. The molecule has 1 N–H and O–H groups in total. The number of anilines is 1. The Hall–Kier alpha value is -3.74. The molecule has 2 heterocycles. The van der Waals surface area contributed by atoms with Gasteiger partial charge in [-0.15, -0.1) is 0 Å². The molecule has 176 valence electrons. The molecule has 0 radical (unpaired) electrons. The van der Waals surface area contributed by atoms with Crippen molar-refractivity contribution in [2.24, 2.45) is 0 Å². The Kier molecular flexibility index (Phi) is 5.77. The maximum absolute atomic E-state index is 13.7. The van der Waals surface area contributed by atoms with Crippen molar-refractivity contribution < 1.29 is 23.5 Å². The minimum atomic E-state index is -0.292. The van der Waals surface area contributed by atoms with Crippen LogP contribution >= 0.6 is 0 Å². The highest BCUT2D eigenvalue weighted by molar-refractivity contribution is 6.01. The molecule has 1 aliphatic carbocycles. The number of ketones is 1. The Bertz CT molecular complexity index is 1280. The van der Waals surface area contributed by atoms with Crippen molar-refractivity contribution in [2.45, 2.75) is 38.5 Å². The first-order valence-corrected chi connectivity index (χ1v) is 11.5. The lowest BCUT2D eigenvalue weighted by Crippen LogP contribution is -2.29. The van der Waals surface area contributed by atoms with E-state index in [1.54, 1.807) is 14.2 Å². The Balaban J connectivity index is 1.60. The standard InChI is InChI=1S/C27H28N2O5/c1-5-33-21-9-7-6-8-18(21)25-24-15(2)29-34-27(24)28-19-12-17(13-20(30)26(19)25)16-10-11-22(31-3)23(14-16)32-4/h6-11,14,17,25,28H,5,12-13H2,1-4H3/t17-,25-/m0/s1. The Morgan fingerprint density at radius 2 is 1.85 bits per heavy atom. The molecule has 0 amide bonds. The number of nitrogens with zero attached hydrogens (tertiary/aromatic N) is 1. The zero-order valence-corrected chi connectivity index (χ0v) is 19.8. The van der Waals surface area contributed by atoms with Crippen LogP contribution < -0.4 is 19.5 Å². The SMILES string of the molecule is CCOc1ccccc1[C@@H]1C2=C(C[C@H](c3ccc(OC)c(OC)c3)CC2=O)Nc2onc(C)c21. The van der Waals surface area contributed by atoms with Gasteiger partial charge in [-0.3, -0.25) is 4.79 Å². The lowest BCUT2D eigenvalue weighted by Gasteiger charge is -2.35. The minimum Gasteiger partial charge on any atom is -0.494 e. The normalized spacial score (nSPS) is 19.2. The molecule has 0 bridgehead atoms. The maximum atomic E-state index is 13.7. The molecular weight excluding hydrogens is 432 g/mol. The minimum absolute atomic E-state index is 0.00640. The average Bonchev–Trinajstić information content (AvgIpc) is 3.23. The van der Waals surface area contributed by atoms with Gasteiger partial charge in [0.15, 0.2) is 17.3 Å². The molecular formula is C27H28N2O5. The summed E-state index contributed by atoms with van der Waals surface area (Å²) in [6, 6.07) is 13.7. The van der Waals surface area contributed by atoms with Gasteiger partial charge in [0.25, 0.3) is 0 Å². The molecule has 7 nitrogen and oxygen atoms in total. The van der Waals surface area contributed by atoms with Gasteiger partial charge in [-0.1, -0.05) is 29.4 Å². The van der Waals surface area contributed by atoms with E-state index >= 15 is 0 Å². The van der Waals surface area contributed by atoms with E-state index in [4.69, 9.17) is 18.7 Å². The van der Waals surface area contributed by atoms with E-state index in [0.717, 1.165) is 39.4 Å². The van der Waals surface area contributed by atoms with Crippen LogP contribution in [-0.4, -0.2) is 31.8 Å². The summed E-state index contributed by atoms with van der Waals surface area (Å²) in [5.41, 5.74) is 5.27. The third-order valence-corrected chi connectivity index (χ3v) is 6.67. The number of hydrogen-bond donors (Lipinski definition) is 1. The quantitative estimate of drug-likeness (QED) is 0.530. The predicted molar refractivity (Wildman–Crippen MR) is 128 cm³/mol. The van der Waals surface area contributed by atoms with Crippen LogP contribution in [0.1, 0.15) is 54.0 Å². The van der Waals surface area contributed by atoms with Gasteiger partial charge in [-0.25, -0.2) is 0 Å². The Morgan fingerprint density at radius 3 is 2.62 bits per heavy atom. The zero-order valence-electron chi connectivity index (χ0n) is 19.8. The van der Waals surface area contributed by atoms with E-state index < -0.39 is 0 Å². The lowest BCUT2D eigenvalue weighted by atomic mass is 9.72. The summed E-state index contributed by atoms with van der Waals surface area (Å²) >= 11 is 0. The maximum Gasteiger partial charge on any atom is 0.233 e. The van der Waals surface area contributed by atoms with E-state index in [1.807, 2.05) is 56.3 Å². The third-order valence-electron chi connectivity index (χ3n) is 6.67. The van der Waals surface area contributed by atoms with Crippen molar-refractivity contribution >= 4 is 11.7 Å². The molecule has 0 saturated carbocycles. The van der Waals surface area contributed by atoms with Crippen molar-refractivity contribution in [3.05, 3.63) is 76.1 Å². The van der Waals surface area contributed by atoms with Gasteiger partial charge in [-0.2, -0.15) is 0 Å². The first kappa shape index (κ1) is 22.1. The number of carbonyl (C=O) groups is 1. The van der Waals surface area contributed by atoms with Gasteiger partial charge in [-0.05, 0) is 49.9 Å². The van der Waals surface area contributed by atoms with E-state index in [-0.39, 0.29) is 17.6 Å². The van der Waals surface area contributed by atoms with Crippen molar-refractivity contribution in [1.29, 1.82) is 0 Å². The van der Waals surface area contributed by atoms with Crippen LogP contribution in [0.25, 0.3) is 0 Å². The fourth-order valence-electron chi connectivity index (χ4n) is 5.13. The van der Waals surface area contributed by atoms with Gasteiger partial charge >= 0.3 is 0 Å². The molecule has 0 spiro atoms. The summed E-state index contributed by atoms with van der Waals surface area (Å²) in [7, 11) is 3.23. The highest BCUT2D eigenvalue weighted by Gasteiger charge is 2.42. The van der Waals surface area contributed by atoms with Crippen molar-refractivity contribution in [2.75, 3.05) is 26.1 Å². The Labute approximate surface area is 198 Å². The number of allylic oxidation sites excluding steroid dienone is 2. The van der Waals surface area contributed by atoms with Gasteiger partial charge in [0.1, 0.15) is 5.75 Å². The molecule has 2 aliphatic rings. The predicted octanol–water partition coefficient (Wildman–Crippen LogP) is 5.36. The first-order valence-electron chi connectivity index (χ1n) is 11.5. The number of para-hydroxylation sites is 1. The van der Waals surface area contributed by atoms with Gasteiger partial charge in [0, 0.05) is 23.3 Å². The van der Waals surface area contributed by atoms with E-state index in [9.17, 15) is 4.79 Å². The monoisotopic (exact) mass is 460 g/mol. The Morgan fingerprint density at radius 1 is 1.06 bits per heavy atom. The van der Waals surface area contributed by atoms with Gasteiger partial charge in [0.2, 0.25) is 5.88 Å². The molecule has 1 aromatic heterocycles. The number of Topliss-reactive ketones (excluding diaryl/α,β-unsaturated/α-hetero) is 1. The van der Waals surface area contributed by atoms with E-state index in [2.05, 4.69) is 10.5 Å². The van der Waals surface area contributed by atoms with E-state index in [1.165, 1.54) is 0 Å². The number of rotatable bonds is 6. The second-order valence-electron chi connectivity index (χ2n) is 8.57. The number of aryl methyl sites for hydroxylation is 1. The van der Waals surface area contributed by atoms with Crippen LogP contribution in [0.15, 0.2) is 58.3 Å². The molecule has 5 rings (SSSR count). The largest absolute Gasteiger partial charge is 0.494 e. The summed E-state index contributed by atoms with van der Waals surface area (Å²) in [6.45, 7) is 4.41. The van der Waals surface area contributed by atoms with Crippen LogP contribution in [0.2, 0.25) is 0 Å². The van der Waals surface area contributed by atoms with E-state index in [0.29, 0.717) is 36.8 Å². The smallest absolute Gasteiger partial charge is 0.233 e. The van der Waals surface area contributed by atoms with Crippen LogP contribution in [0.4, 0.5) is 5.88 Å². The summed E-state index contributed by atoms with van der Waals surface area (Å²) in [4.78, 5) is 13.7. The van der Waals surface area contributed by atoms with Crippen molar-refractivity contribution in [1.82, 2.24) is 5.16 Å². The molecule has 0 fully saturated rings. The van der Waals surface area contributed by atoms with Gasteiger partial charge in [0.05, 0.1) is 38.0 Å². The lowest BCUT2D eigenvalue weighted by molar-refractivity contribution is -0.116. The number of fused-ring (bicyclic) bond motifs is 1. The fraction of sp³-hybridized carbons (Fsp3) is 0.333. The van der Waals surface area contributed by atoms with Crippen LogP contribution in [0.5, 0.6) is 17.2 Å². The second-order valence-corrected chi connectivity index (χ2v) is 8.57. The number of methoxy groups -OCH3 is 2. The summed E-state index contributed by atoms with van der Waals surface area (Å²) < 4.78 is 22.5. The molecule has 1 aliphatic heterocycles. The molecule has 2 aromatic carbocycles. The number of hydrogen-bond acceptors (Lipinski definition) is 7. The van der Waals surface area contributed by atoms with Crippen LogP contribution in [0.3, 0.4) is 0 Å².